The third-order valence-electron chi connectivity index (χ3n) is 3.59. The van der Waals surface area contributed by atoms with Crippen molar-refractivity contribution in [2.24, 2.45) is 5.10 Å². The van der Waals surface area contributed by atoms with E-state index >= 15 is 0 Å². The average molecular weight is 364 g/mol. The Kier molecular flexibility index (Phi) is 6.11. The molecule has 138 valence electrons. The van der Waals surface area contributed by atoms with Gasteiger partial charge in [-0.1, -0.05) is 0 Å². The molecule has 2 rings (SSSR count). The molecule has 0 unspecified atom stereocenters. The molecule has 0 bridgehead atoms. The molecule has 0 aliphatic heterocycles. The lowest BCUT2D eigenvalue weighted by Crippen LogP contribution is -2.19. The first-order valence-electron chi connectivity index (χ1n) is 7.51. The first-order chi connectivity index (χ1) is 12.4. The van der Waals surface area contributed by atoms with Crippen molar-refractivity contribution in [3.63, 3.8) is 0 Å². The Morgan fingerprint density at radius 1 is 0.923 bits per heavy atom. The van der Waals surface area contributed by atoms with Crippen LogP contribution in [0.1, 0.15) is 22.8 Å². The summed E-state index contributed by atoms with van der Waals surface area (Å²) in [5, 5.41) is 3.91. The second kappa shape index (κ2) is 8.28. The molecule has 26 heavy (non-hydrogen) atoms. The van der Waals surface area contributed by atoms with Crippen LogP contribution in [0.3, 0.4) is 0 Å². The summed E-state index contributed by atoms with van der Waals surface area (Å²) in [6.45, 7) is 1.56. The van der Waals surface area contributed by atoms with Crippen LogP contribution in [0.15, 0.2) is 35.4 Å². The van der Waals surface area contributed by atoms with Crippen molar-refractivity contribution in [3.8, 4) is 17.2 Å². The van der Waals surface area contributed by atoms with Gasteiger partial charge >= 0.3 is 0 Å². The third-order valence-corrected chi connectivity index (χ3v) is 3.59. The van der Waals surface area contributed by atoms with Crippen molar-refractivity contribution in [1.29, 1.82) is 0 Å². The first kappa shape index (κ1) is 19.2. The molecule has 0 aliphatic carbocycles. The van der Waals surface area contributed by atoms with Crippen molar-refractivity contribution in [2.75, 3.05) is 21.3 Å². The van der Waals surface area contributed by atoms with Gasteiger partial charge in [0.2, 0.25) is 5.75 Å². The Hall–Kier alpha value is -3.16. The van der Waals surface area contributed by atoms with E-state index in [2.05, 4.69) is 10.5 Å². The molecule has 0 atom stereocenters. The lowest BCUT2D eigenvalue weighted by molar-refractivity contribution is 0.0954. The van der Waals surface area contributed by atoms with Gasteiger partial charge in [-0.2, -0.15) is 5.10 Å². The summed E-state index contributed by atoms with van der Waals surface area (Å²) in [5.74, 6) is -1.49. The molecule has 1 amide bonds. The molecule has 0 saturated heterocycles. The van der Waals surface area contributed by atoms with E-state index in [0.29, 0.717) is 28.5 Å². The molecule has 0 saturated carbocycles. The fraction of sp³-hybridized carbons (Fsp3) is 0.222. The Labute approximate surface area is 149 Å². The topological polar surface area (TPSA) is 69.2 Å². The number of benzene rings is 2. The second-order valence-corrected chi connectivity index (χ2v) is 5.18. The normalized spacial score (nSPS) is 11.1. The molecule has 0 spiro atoms. The molecular weight excluding hydrogens is 346 g/mol. The zero-order chi connectivity index (χ0) is 19.3. The van der Waals surface area contributed by atoms with E-state index < -0.39 is 17.5 Å². The van der Waals surface area contributed by atoms with Crippen LogP contribution in [0.2, 0.25) is 0 Å². The van der Waals surface area contributed by atoms with Gasteiger partial charge in [-0.15, -0.1) is 0 Å². The van der Waals surface area contributed by atoms with Gasteiger partial charge in [0, 0.05) is 11.1 Å². The van der Waals surface area contributed by atoms with E-state index in [4.69, 9.17) is 14.2 Å². The molecule has 0 aromatic heterocycles. The maximum atomic E-state index is 13.3. The summed E-state index contributed by atoms with van der Waals surface area (Å²) in [4.78, 5) is 12.3. The minimum absolute atomic E-state index is 0.223. The van der Waals surface area contributed by atoms with Gasteiger partial charge < -0.3 is 14.2 Å². The quantitative estimate of drug-likeness (QED) is 0.632. The fourth-order valence-electron chi connectivity index (χ4n) is 2.20. The SMILES string of the molecule is COc1cc(C(=O)N/N=C(/C)c2ccc(F)c(F)c2)cc(OC)c1OC. The Morgan fingerprint density at radius 3 is 2.04 bits per heavy atom. The van der Waals surface area contributed by atoms with Gasteiger partial charge in [0.15, 0.2) is 23.1 Å². The van der Waals surface area contributed by atoms with Gasteiger partial charge in [-0.05, 0) is 37.3 Å². The van der Waals surface area contributed by atoms with Crippen LogP contribution in [0.5, 0.6) is 17.2 Å². The number of carbonyl (C=O) groups is 1. The van der Waals surface area contributed by atoms with Crippen molar-refractivity contribution in [2.45, 2.75) is 6.92 Å². The third kappa shape index (κ3) is 4.08. The predicted molar refractivity (Wildman–Crippen MR) is 92.1 cm³/mol. The lowest BCUT2D eigenvalue weighted by atomic mass is 10.1. The van der Waals surface area contributed by atoms with Crippen molar-refractivity contribution < 1.29 is 27.8 Å². The summed E-state index contributed by atoms with van der Waals surface area (Å²) in [6, 6.07) is 6.30. The van der Waals surface area contributed by atoms with Crippen molar-refractivity contribution >= 4 is 11.6 Å². The van der Waals surface area contributed by atoms with Crippen molar-refractivity contribution in [3.05, 3.63) is 53.1 Å². The number of hydrogen-bond donors (Lipinski definition) is 1. The monoisotopic (exact) mass is 364 g/mol. The Bertz CT molecular complexity index is 828. The highest BCUT2D eigenvalue weighted by molar-refractivity contribution is 6.01. The van der Waals surface area contributed by atoms with Crippen LogP contribution < -0.4 is 19.6 Å². The fourth-order valence-corrected chi connectivity index (χ4v) is 2.20. The highest BCUT2D eigenvalue weighted by Crippen LogP contribution is 2.38. The van der Waals surface area contributed by atoms with E-state index in [1.165, 1.54) is 39.5 Å². The Morgan fingerprint density at radius 2 is 1.54 bits per heavy atom. The minimum atomic E-state index is -0.993. The minimum Gasteiger partial charge on any atom is -0.493 e. The van der Waals surface area contributed by atoms with E-state index in [-0.39, 0.29) is 5.56 Å². The lowest BCUT2D eigenvalue weighted by Gasteiger charge is -2.13. The molecule has 0 fully saturated rings. The number of hydrazone groups is 1. The number of nitrogens with one attached hydrogen (secondary N) is 1. The number of amides is 1. The molecule has 1 N–H and O–H groups in total. The Balaban J connectivity index is 2.25. The van der Waals surface area contributed by atoms with Gasteiger partial charge in [0.05, 0.1) is 27.0 Å². The summed E-state index contributed by atoms with van der Waals surface area (Å²) < 4.78 is 41.8. The zero-order valence-corrected chi connectivity index (χ0v) is 14.7. The first-order valence-corrected chi connectivity index (χ1v) is 7.51. The summed E-state index contributed by atoms with van der Waals surface area (Å²) in [5.41, 5.74) is 3.23. The summed E-state index contributed by atoms with van der Waals surface area (Å²) in [6.07, 6.45) is 0. The number of halogens is 2. The summed E-state index contributed by atoms with van der Waals surface area (Å²) in [7, 11) is 4.32. The van der Waals surface area contributed by atoms with Gasteiger partial charge in [-0.3, -0.25) is 4.79 Å². The van der Waals surface area contributed by atoms with Crippen LogP contribution in [-0.2, 0) is 0 Å². The average Bonchev–Trinajstić information content (AvgIpc) is 2.66. The number of carbonyl (C=O) groups excluding carboxylic acids is 1. The predicted octanol–water partition coefficient (Wildman–Crippen LogP) is 3.14. The molecule has 0 radical (unpaired) electrons. The van der Waals surface area contributed by atoms with E-state index in [9.17, 15) is 13.6 Å². The highest BCUT2D eigenvalue weighted by Gasteiger charge is 2.17. The van der Waals surface area contributed by atoms with Crippen molar-refractivity contribution in [1.82, 2.24) is 5.43 Å². The van der Waals surface area contributed by atoms with Gasteiger partial charge in [-0.25, -0.2) is 14.2 Å². The smallest absolute Gasteiger partial charge is 0.271 e. The van der Waals surface area contributed by atoms with E-state index in [1.807, 2.05) is 0 Å². The molecule has 8 heteroatoms. The van der Waals surface area contributed by atoms with Crippen LogP contribution in [0.25, 0.3) is 0 Å². The standard InChI is InChI=1S/C18H18F2N2O4/c1-10(11-5-6-13(19)14(20)7-11)21-22-18(23)12-8-15(24-2)17(26-4)16(9-12)25-3/h5-9H,1-4H3,(H,22,23)/b21-10-. The van der Waals surface area contributed by atoms with E-state index in [0.717, 1.165) is 12.1 Å². The van der Waals surface area contributed by atoms with Gasteiger partial charge in [0.25, 0.3) is 5.91 Å². The number of nitrogens with zero attached hydrogens (tertiary/aromatic N) is 1. The molecule has 2 aromatic carbocycles. The maximum absolute atomic E-state index is 13.3. The maximum Gasteiger partial charge on any atom is 0.271 e. The van der Waals surface area contributed by atoms with Gasteiger partial charge in [0.1, 0.15) is 0 Å². The molecule has 6 nitrogen and oxygen atoms in total. The van der Waals surface area contributed by atoms with Crippen LogP contribution >= 0.6 is 0 Å². The second-order valence-electron chi connectivity index (χ2n) is 5.18. The van der Waals surface area contributed by atoms with E-state index in [1.54, 1.807) is 6.92 Å². The number of methoxy groups -OCH3 is 3. The number of rotatable bonds is 6. The molecule has 2 aromatic rings. The van der Waals surface area contributed by atoms with Crippen LogP contribution in [0, 0.1) is 11.6 Å². The van der Waals surface area contributed by atoms with Crippen LogP contribution in [0.4, 0.5) is 8.78 Å². The molecule has 0 aliphatic rings. The van der Waals surface area contributed by atoms with Crippen LogP contribution in [-0.4, -0.2) is 32.9 Å². The largest absolute Gasteiger partial charge is 0.493 e. The zero-order valence-electron chi connectivity index (χ0n) is 14.7. The molecular formula is C18H18F2N2O4. The summed E-state index contributed by atoms with van der Waals surface area (Å²) >= 11 is 0. The highest BCUT2D eigenvalue weighted by atomic mass is 19.2. The molecule has 0 heterocycles. The number of ether oxygens (including phenoxy) is 3. The number of hydrogen-bond acceptors (Lipinski definition) is 5.